The summed E-state index contributed by atoms with van der Waals surface area (Å²) in [6.45, 7) is 1.61. The van der Waals surface area contributed by atoms with Crippen molar-refractivity contribution in [2.45, 2.75) is 13.3 Å². The first kappa shape index (κ1) is 13.1. The zero-order valence-electron chi connectivity index (χ0n) is 10.0. The minimum Gasteiger partial charge on any atom is -0.481 e. The summed E-state index contributed by atoms with van der Waals surface area (Å²) in [6, 6.07) is 3.06. The van der Waals surface area contributed by atoms with Crippen LogP contribution in [0.1, 0.15) is 11.4 Å². The van der Waals surface area contributed by atoms with E-state index in [0.29, 0.717) is 5.82 Å². The van der Waals surface area contributed by atoms with E-state index >= 15 is 0 Å². The van der Waals surface area contributed by atoms with Crippen LogP contribution in [-0.4, -0.2) is 21.0 Å². The number of rotatable bonds is 3. The highest BCUT2D eigenvalue weighted by molar-refractivity contribution is 5.74. The van der Waals surface area contributed by atoms with Gasteiger partial charge in [-0.1, -0.05) is 0 Å². The van der Waals surface area contributed by atoms with E-state index in [-0.39, 0.29) is 23.2 Å². The molecule has 0 amide bonds. The van der Waals surface area contributed by atoms with Crippen molar-refractivity contribution < 1.29 is 18.7 Å². The normalized spacial score (nSPS) is 10.5. The van der Waals surface area contributed by atoms with Crippen LogP contribution in [-0.2, 0) is 11.2 Å². The Hall–Kier alpha value is -2.37. The topological polar surface area (TPSA) is 63.1 Å². The van der Waals surface area contributed by atoms with Crippen molar-refractivity contribution in [3.05, 3.63) is 47.4 Å². The third kappa shape index (κ3) is 2.90. The second kappa shape index (κ2) is 5.09. The molecule has 2 aromatic rings. The molecule has 1 N–H and O–H groups in total. The second-order valence-corrected chi connectivity index (χ2v) is 3.99. The molecule has 1 heterocycles. The molecule has 6 heteroatoms. The average molecular weight is 264 g/mol. The first-order valence-electron chi connectivity index (χ1n) is 5.47. The molecule has 0 aliphatic rings. The fraction of sp³-hybridized carbons (Fsp3) is 0.154. The fourth-order valence-electron chi connectivity index (χ4n) is 1.70. The number of hydrogen-bond donors (Lipinski definition) is 1. The maximum Gasteiger partial charge on any atom is 0.307 e. The molecule has 4 nitrogen and oxygen atoms in total. The molecule has 1 aromatic heterocycles. The summed E-state index contributed by atoms with van der Waals surface area (Å²) in [7, 11) is 0. The minimum absolute atomic E-state index is 0.0585. The standard InChI is InChI=1S/C13H10F2N2O2/c1-7-16-6-8(4-12(18)19)13(17-7)10-3-2-9(14)5-11(10)15/h2-3,5-6H,4H2,1H3,(H,18,19). The molecule has 2 rings (SSSR count). The zero-order valence-corrected chi connectivity index (χ0v) is 10.0. The molecule has 0 aliphatic carbocycles. The lowest BCUT2D eigenvalue weighted by atomic mass is 10.0. The van der Waals surface area contributed by atoms with Crippen LogP contribution < -0.4 is 0 Å². The molecule has 0 spiro atoms. The van der Waals surface area contributed by atoms with Crippen molar-refractivity contribution >= 4 is 5.97 Å². The Labute approximate surface area is 107 Å². The van der Waals surface area contributed by atoms with Gasteiger partial charge in [-0.15, -0.1) is 0 Å². The van der Waals surface area contributed by atoms with Gasteiger partial charge in [-0.25, -0.2) is 18.7 Å². The van der Waals surface area contributed by atoms with Crippen molar-refractivity contribution in [2.75, 3.05) is 0 Å². The molecule has 1 aromatic carbocycles. The quantitative estimate of drug-likeness (QED) is 0.924. The van der Waals surface area contributed by atoms with Gasteiger partial charge in [-0.2, -0.15) is 0 Å². The van der Waals surface area contributed by atoms with Crippen LogP contribution >= 0.6 is 0 Å². The largest absolute Gasteiger partial charge is 0.481 e. The Kier molecular flexibility index (Phi) is 3.50. The van der Waals surface area contributed by atoms with E-state index in [0.717, 1.165) is 12.1 Å². The Morgan fingerprint density at radius 2 is 2.11 bits per heavy atom. The molecule has 98 valence electrons. The van der Waals surface area contributed by atoms with Gasteiger partial charge in [-0.3, -0.25) is 4.79 Å². The Bertz CT molecular complexity index is 645. The van der Waals surface area contributed by atoms with Gasteiger partial charge >= 0.3 is 5.97 Å². The lowest BCUT2D eigenvalue weighted by molar-refractivity contribution is -0.136. The lowest BCUT2D eigenvalue weighted by Crippen LogP contribution is -2.06. The SMILES string of the molecule is Cc1ncc(CC(=O)O)c(-c2ccc(F)cc2F)n1. The van der Waals surface area contributed by atoms with Crippen molar-refractivity contribution in [1.82, 2.24) is 9.97 Å². The highest BCUT2D eigenvalue weighted by atomic mass is 19.1. The highest BCUT2D eigenvalue weighted by Crippen LogP contribution is 2.25. The summed E-state index contributed by atoms with van der Waals surface area (Å²) in [6.07, 6.45) is 1.01. The minimum atomic E-state index is -1.07. The summed E-state index contributed by atoms with van der Waals surface area (Å²) in [5.41, 5.74) is 0.513. The van der Waals surface area contributed by atoms with Gasteiger partial charge in [0.05, 0.1) is 12.1 Å². The number of nitrogens with zero attached hydrogens (tertiary/aromatic N) is 2. The molecule has 0 saturated heterocycles. The third-order valence-corrected chi connectivity index (χ3v) is 2.51. The molecule has 0 bridgehead atoms. The number of aryl methyl sites for hydroxylation is 1. The van der Waals surface area contributed by atoms with Crippen LogP contribution in [0.4, 0.5) is 8.78 Å². The van der Waals surface area contributed by atoms with Crippen molar-refractivity contribution in [3.63, 3.8) is 0 Å². The van der Waals surface area contributed by atoms with E-state index in [1.807, 2.05) is 0 Å². The predicted molar refractivity (Wildman–Crippen MR) is 63.5 cm³/mol. The van der Waals surface area contributed by atoms with Gasteiger partial charge in [0.2, 0.25) is 0 Å². The van der Waals surface area contributed by atoms with Gasteiger partial charge in [0.15, 0.2) is 0 Å². The van der Waals surface area contributed by atoms with E-state index in [1.165, 1.54) is 12.3 Å². The van der Waals surface area contributed by atoms with Crippen LogP contribution in [0.5, 0.6) is 0 Å². The average Bonchev–Trinajstić information content (AvgIpc) is 2.31. The molecular weight excluding hydrogens is 254 g/mol. The van der Waals surface area contributed by atoms with Gasteiger partial charge in [0, 0.05) is 23.4 Å². The summed E-state index contributed by atoms with van der Waals surface area (Å²) in [5.74, 6) is -2.18. The number of aliphatic carboxylic acids is 1. The number of carboxylic acid groups (broad SMARTS) is 1. The van der Waals surface area contributed by atoms with Crippen LogP contribution in [0, 0.1) is 18.6 Å². The molecule has 19 heavy (non-hydrogen) atoms. The van der Waals surface area contributed by atoms with Crippen LogP contribution in [0.3, 0.4) is 0 Å². The first-order valence-corrected chi connectivity index (χ1v) is 5.47. The summed E-state index contributed by atoms with van der Waals surface area (Å²) < 4.78 is 26.6. The number of carbonyl (C=O) groups is 1. The highest BCUT2D eigenvalue weighted by Gasteiger charge is 2.15. The number of benzene rings is 1. The number of halogens is 2. The summed E-state index contributed by atoms with van der Waals surface area (Å²) >= 11 is 0. The van der Waals surface area contributed by atoms with E-state index in [1.54, 1.807) is 6.92 Å². The molecule has 0 aliphatic heterocycles. The smallest absolute Gasteiger partial charge is 0.307 e. The lowest BCUT2D eigenvalue weighted by Gasteiger charge is -2.08. The van der Waals surface area contributed by atoms with Crippen molar-refractivity contribution in [1.29, 1.82) is 0 Å². The molecule has 0 radical (unpaired) electrons. The van der Waals surface area contributed by atoms with Crippen LogP contribution in [0.15, 0.2) is 24.4 Å². The van der Waals surface area contributed by atoms with Crippen molar-refractivity contribution in [2.24, 2.45) is 0 Å². The van der Waals surface area contributed by atoms with E-state index in [9.17, 15) is 13.6 Å². The summed E-state index contributed by atoms with van der Waals surface area (Å²) in [5, 5.41) is 8.81. The number of carboxylic acids is 1. The van der Waals surface area contributed by atoms with Gasteiger partial charge in [0.1, 0.15) is 17.5 Å². The molecule has 0 saturated carbocycles. The molecular formula is C13H10F2N2O2. The Morgan fingerprint density at radius 3 is 2.74 bits per heavy atom. The Morgan fingerprint density at radius 1 is 1.37 bits per heavy atom. The van der Waals surface area contributed by atoms with E-state index in [2.05, 4.69) is 9.97 Å². The zero-order chi connectivity index (χ0) is 14.0. The number of aromatic nitrogens is 2. The Balaban J connectivity index is 2.59. The monoisotopic (exact) mass is 264 g/mol. The van der Waals surface area contributed by atoms with Crippen LogP contribution in [0.2, 0.25) is 0 Å². The van der Waals surface area contributed by atoms with Gasteiger partial charge < -0.3 is 5.11 Å². The second-order valence-electron chi connectivity index (χ2n) is 3.99. The van der Waals surface area contributed by atoms with Gasteiger partial charge in [0.25, 0.3) is 0 Å². The fourth-order valence-corrected chi connectivity index (χ4v) is 1.70. The predicted octanol–water partition coefficient (Wildman–Crippen LogP) is 2.36. The van der Waals surface area contributed by atoms with Crippen LogP contribution in [0.25, 0.3) is 11.3 Å². The van der Waals surface area contributed by atoms with Gasteiger partial charge in [-0.05, 0) is 19.1 Å². The first-order chi connectivity index (χ1) is 8.97. The van der Waals surface area contributed by atoms with E-state index < -0.39 is 17.6 Å². The maximum atomic E-state index is 13.7. The summed E-state index contributed by atoms with van der Waals surface area (Å²) in [4.78, 5) is 18.7. The van der Waals surface area contributed by atoms with Crippen molar-refractivity contribution in [3.8, 4) is 11.3 Å². The maximum absolute atomic E-state index is 13.7. The number of hydrogen-bond acceptors (Lipinski definition) is 3. The molecule has 0 atom stereocenters. The molecule has 0 unspecified atom stereocenters. The van der Waals surface area contributed by atoms with E-state index in [4.69, 9.17) is 5.11 Å². The third-order valence-electron chi connectivity index (χ3n) is 2.51. The molecule has 0 fully saturated rings.